The maximum Gasteiger partial charge on any atom is 0.338 e. The number of fused-ring (bicyclic) bond motifs is 1. The second-order valence-corrected chi connectivity index (χ2v) is 5.79. The number of ether oxygens (including phenoxy) is 1. The fourth-order valence-corrected chi connectivity index (χ4v) is 2.84. The first-order valence-electron chi connectivity index (χ1n) is 7.73. The van der Waals surface area contributed by atoms with Gasteiger partial charge in [0.1, 0.15) is 0 Å². The summed E-state index contributed by atoms with van der Waals surface area (Å²) in [4.78, 5) is 26.5. The molecule has 1 aliphatic rings. The lowest BCUT2D eigenvalue weighted by molar-refractivity contribution is -0.126. The second kappa shape index (κ2) is 6.24. The summed E-state index contributed by atoms with van der Waals surface area (Å²) in [6.07, 6.45) is 0.0228. The molecule has 1 heterocycles. The minimum Gasteiger partial charge on any atom is -0.449 e. The summed E-state index contributed by atoms with van der Waals surface area (Å²) in [6, 6.07) is 15.0. The minimum atomic E-state index is -0.811. The van der Waals surface area contributed by atoms with Crippen LogP contribution in [0.2, 0.25) is 0 Å². The van der Waals surface area contributed by atoms with Crippen LogP contribution >= 0.6 is 0 Å². The molecule has 2 aromatic carbocycles. The van der Waals surface area contributed by atoms with Gasteiger partial charge in [-0.1, -0.05) is 35.9 Å². The van der Waals surface area contributed by atoms with Crippen LogP contribution in [0.25, 0.3) is 0 Å². The number of nitrogens with zero attached hydrogens (tertiary/aromatic N) is 1. The van der Waals surface area contributed by atoms with Gasteiger partial charge >= 0.3 is 5.97 Å². The van der Waals surface area contributed by atoms with Crippen LogP contribution in [0.4, 0.5) is 5.69 Å². The van der Waals surface area contributed by atoms with E-state index in [4.69, 9.17) is 4.74 Å². The predicted octanol–water partition coefficient (Wildman–Crippen LogP) is 3.13. The highest BCUT2D eigenvalue weighted by molar-refractivity contribution is 6.00. The number of para-hydroxylation sites is 1. The van der Waals surface area contributed by atoms with Crippen molar-refractivity contribution in [2.45, 2.75) is 26.4 Å². The molecule has 23 heavy (non-hydrogen) atoms. The van der Waals surface area contributed by atoms with Crippen molar-refractivity contribution in [1.29, 1.82) is 0 Å². The average Bonchev–Trinajstić information content (AvgIpc) is 2.98. The number of benzene rings is 2. The van der Waals surface area contributed by atoms with Gasteiger partial charge in [-0.25, -0.2) is 4.79 Å². The van der Waals surface area contributed by atoms with Crippen LogP contribution in [0.5, 0.6) is 0 Å². The lowest BCUT2D eigenvalue weighted by Crippen LogP contribution is -2.39. The van der Waals surface area contributed by atoms with Crippen molar-refractivity contribution in [2.24, 2.45) is 0 Å². The molecule has 3 rings (SSSR count). The van der Waals surface area contributed by atoms with Crippen molar-refractivity contribution < 1.29 is 14.3 Å². The van der Waals surface area contributed by atoms with Crippen LogP contribution in [0.1, 0.15) is 28.4 Å². The van der Waals surface area contributed by atoms with Gasteiger partial charge in [0.15, 0.2) is 6.10 Å². The lowest BCUT2D eigenvalue weighted by Gasteiger charge is -2.21. The third kappa shape index (κ3) is 3.11. The molecule has 0 saturated heterocycles. The van der Waals surface area contributed by atoms with Gasteiger partial charge in [0.25, 0.3) is 5.91 Å². The first-order chi connectivity index (χ1) is 11.1. The highest BCUT2D eigenvalue weighted by Crippen LogP contribution is 2.28. The molecule has 4 heteroatoms. The van der Waals surface area contributed by atoms with E-state index in [2.05, 4.69) is 0 Å². The highest BCUT2D eigenvalue weighted by Gasteiger charge is 2.29. The third-order valence-corrected chi connectivity index (χ3v) is 4.04. The Balaban J connectivity index is 1.70. The van der Waals surface area contributed by atoms with Gasteiger partial charge in [0.05, 0.1) is 5.56 Å². The first kappa shape index (κ1) is 15.3. The Morgan fingerprint density at radius 1 is 1.13 bits per heavy atom. The Hall–Kier alpha value is -2.62. The van der Waals surface area contributed by atoms with Crippen LogP contribution in [0.15, 0.2) is 48.5 Å². The zero-order valence-electron chi connectivity index (χ0n) is 13.3. The predicted molar refractivity (Wildman–Crippen MR) is 88.6 cm³/mol. The number of aryl methyl sites for hydroxylation is 1. The molecule has 0 saturated carbocycles. The van der Waals surface area contributed by atoms with Gasteiger partial charge in [-0.15, -0.1) is 0 Å². The molecular weight excluding hydrogens is 290 g/mol. The molecule has 0 aromatic heterocycles. The molecule has 0 unspecified atom stereocenters. The summed E-state index contributed by atoms with van der Waals surface area (Å²) in [5, 5.41) is 0. The molecule has 1 aliphatic heterocycles. The van der Waals surface area contributed by atoms with Crippen LogP contribution < -0.4 is 4.90 Å². The van der Waals surface area contributed by atoms with E-state index < -0.39 is 12.1 Å². The number of esters is 1. The van der Waals surface area contributed by atoms with Crippen LogP contribution in [0, 0.1) is 6.92 Å². The Bertz CT molecular complexity index is 754. The lowest BCUT2D eigenvalue weighted by atomic mass is 10.1. The zero-order chi connectivity index (χ0) is 16.4. The highest BCUT2D eigenvalue weighted by atomic mass is 16.5. The Morgan fingerprint density at radius 3 is 2.70 bits per heavy atom. The Labute approximate surface area is 135 Å². The summed E-state index contributed by atoms with van der Waals surface area (Å²) >= 11 is 0. The van der Waals surface area contributed by atoms with E-state index in [0.29, 0.717) is 12.1 Å². The fraction of sp³-hybridized carbons (Fsp3) is 0.263. The minimum absolute atomic E-state index is 0.184. The van der Waals surface area contributed by atoms with E-state index in [1.807, 2.05) is 37.3 Å². The molecule has 0 fully saturated rings. The number of carbonyl (C=O) groups is 2. The van der Waals surface area contributed by atoms with E-state index in [-0.39, 0.29) is 5.91 Å². The fourth-order valence-electron chi connectivity index (χ4n) is 2.84. The number of hydrogen-bond acceptors (Lipinski definition) is 3. The monoisotopic (exact) mass is 309 g/mol. The van der Waals surface area contributed by atoms with E-state index in [1.165, 1.54) is 0 Å². The van der Waals surface area contributed by atoms with Gasteiger partial charge < -0.3 is 9.64 Å². The number of carbonyl (C=O) groups excluding carboxylic acids is 2. The smallest absolute Gasteiger partial charge is 0.338 e. The number of hydrogen-bond donors (Lipinski definition) is 0. The van der Waals surface area contributed by atoms with Crippen LogP contribution in [-0.4, -0.2) is 24.5 Å². The molecular formula is C19H19NO3. The van der Waals surface area contributed by atoms with Crippen molar-refractivity contribution in [2.75, 3.05) is 11.4 Å². The maximum atomic E-state index is 12.6. The van der Waals surface area contributed by atoms with Crippen LogP contribution in [0.3, 0.4) is 0 Å². The molecule has 118 valence electrons. The first-order valence-corrected chi connectivity index (χ1v) is 7.73. The molecule has 0 spiro atoms. The molecule has 0 aliphatic carbocycles. The molecule has 1 atom stereocenters. The van der Waals surface area contributed by atoms with Gasteiger partial charge in [-0.05, 0) is 44.0 Å². The molecule has 0 N–H and O–H groups in total. The summed E-state index contributed by atoms with van der Waals surface area (Å²) < 4.78 is 5.35. The second-order valence-electron chi connectivity index (χ2n) is 5.79. The molecule has 0 bridgehead atoms. The SMILES string of the molecule is Cc1cccc(C(=O)O[C@@H](C)C(=O)N2CCc3ccccc32)c1. The van der Waals surface area contributed by atoms with Gasteiger partial charge in [0.2, 0.25) is 0 Å². The molecule has 2 aromatic rings. The molecule has 0 radical (unpaired) electrons. The van der Waals surface area contributed by atoms with E-state index in [1.54, 1.807) is 30.0 Å². The molecule has 4 nitrogen and oxygen atoms in total. The quantitative estimate of drug-likeness (QED) is 0.818. The zero-order valence-corrected chi connectivity index (χ0v) is 13.3. The van der Waals surface area contributed by atoms with E-state index >= 15 is 0 Å². The topological polar surface area (TPSA) is 46.6 Å². The largest absolute Gasteiger partial charge is 0.449 e. The van der Waals surface area contributed by atoms with Gasteiger partial charge in [0, 0.05) is 12.2 Å². The van der Waals surface area contributed by atoms with Crippen molar-refractivity contribution >= 4 is 17.6 Å². The Kier molecular flexibility index (Phi) is 4.15. The van der Waals surface area contributed by atoms with Crippen molar-refractivity contribution in [3.63, 3.8) is 0 Å². The Morgan fingerprint density at radius 2 is 1.91 bits per heavy atom. The summed E-state index contributed by atoms with van der Waals surface area (Å²) in [7, 11) is 0. The molecule has 1 amide bonds. The summed E-state index contributed by atoms with van der Waals surface area (Å²) in [5.41, 5.74) is 3.51. The van der Waals surface area contributed by atoms with Crippen molar-refractivity contribution in [3.8, 4) is 0 Å². The number of rotatable bonds is 3. The summed E-state index contributed by atoms with van der Waals surface area (Å²) in [5.74, 6) is -0.655. The maximum absolute atomic E-state index is 12.6. The number of amides is 1. The normalized spacial score (nSPS) is 14.3. The average molecular weight is 309 g/mol. The van der Waals surface area contributed by atoms with E-state index in [0.717, 1.165) is 23.2 Å². The van der Waals surface area contributed by atoms with Gasteiger partial charge in [-0.2, -0.15) is 0 Å². The van der Waals surface area contributed by atoms with Crippen molar-refractivity contribution in [1.82, 2.24) is 0 Å². The van der Waals surface area contributed by atoms with Gasteiger partial charge in [-0.3, -0.25) is 4.79 Å². The third-order valence-electron chi connectivity index (χ3n) is 4.04. The van der Waals surface area contributed by atoms with Crippen LogP contribution in [-0.2, 0) is 16.0 Å². The standard InChI is InChI=1S/C19H19NO3/c1-13-6-5-8-16(12-13)19(22)23-14(2)18(21)20-11-10-15-7-3-4-9-17(15)20/h3-9,12,14H,10-11H2,1-2H3/t14-/m0/s1. The van der Waals surface area contributed by atoms with E-state index in [9.17, 15) is 9.59 Å². The summed E-state index contributed by atoms with van der Waals surface area (Å²) in [6.45, 7) is 4.16. The van der Waals surface area contributed by atoms with Crippen molar-refractivity contribution in [3.05, 3.63) is 65.2 Å². The number of anilines is 1.